The molecule has 0 aliphatic heterocycles. The Balaban J connectivity index is 2.64. The highest BCUT2D eigenvalue weighted by Crippen LogP contribution is 2.18. The number of nitriles is 1. The van der Waals surface area contributed by atoms with Gasteiger partial charge in [-0.3, -0.25) is 0 Å². The maximum atomic E-state index is 8.45. The summed E-state index contributed by atoms with van der Waals surface area (Å²) in [5.41, 5.74) is 0. The molecule has 1 aromatic rings. The minimum atomic E-state index is 0.0937. The molecule has 1 rings (SSSR count). The Morgan fingerprint density at radius 2 is 2.54 bits per heavy atom. The highest BCUT2D eigenvalue weighted by Gasteiger charge is 2.04. The molecule has 1 atom stereocenters. The molecule has 0 fully saturated rings. The molecule has 0 aliphatic rings. The maximum absolute atomic E-state index is 8.45. The molecular formula is C8H9BrN4. The fraction of sp³-hybridized carbons (Fsp3) is 0.375. The summed E-state index contributed by atoms with van der Waals surface area (Å²) in [5.74, 6) is 0.720. The van der Waals surface area contributed by atoms with Gasteiger partial charge >= 0.3 is 0 Å². The standard InChI is InChI=1S/C8H9BrN4/c1-6(2-3-10)13-8-7(9)4-11-5-12-8/h4-6H,2H2,1H3,(H,11,12,13). The molecular weight excluding hydrogens is 232 g/mol. The largest absolute Gasteiger partial charge is 0.366 e. The van der Waals surface area contributed by atoms with Crippen molar-refractivity contribution in [2.24, 2.45) is 0 Å². The monoisotopic (exact) mass is 240 g/mol. The summed E-state index contributed by atoms with van der Waals surface area (Å²) >= 11 is 3.31. The maximum Gasteiger partial charge on any atom is 0.143 e. The van der Waals surface area contributed by atoms with Crippen LogP contribution in [0.2, 0.25) is 0 Å². The van der Waals surface area contributed by atoms with Crippen LogP contribution in [-0.2, 0) is 0 Å². The second-order valence-electron chi connectivity index (χ2n) is 2.63. The minimum Gasteiger partial charge on any atom is -0.366 e. The lowest BCUT2D eigenvalue weighted by Crippen LogP contribution is -2.15. The van der Waals surface area contributed by atoms with E-state index < -0.39 is 0 Å². The van der Waals surface area contributed by atoms with Gasteiger partial charge in [0, 0.05) is 12.2 Å². The average Bonchev–Trinajstić information content (AvgIpc) is 2.09. The van der Waals surface area contributed by atoms with Crippen LogP contribution in [0.4, 0.5) is 5.82 Å². The molecule has 1 heterocycles. The van der Waals surface area contributed by atoms with Crippen LogP contribution in [0.1, 0.15) is 13.3 Å². The number of hydrogen-bond donors (Lipinski definition) is 1. The zero-order valence-corrected chi connectivity index (χ0v) is 8.74. The topological polar surface area (TPSA) is 61.6 Å². The molecule has 68 valence electrons. The van der Waals surface area contributed by atoms with E-state index in [0.29, 0.717) is 6.42 Å². The predicted molar refractivity (Wildman–Crippen MR) is 53.0 cm³/mol. The summed E-state index contributed by atoms with van der Waals surface area (Å²) in [5, 5.41) is 11.5. The lowest BCUT2D eigenvalue weighted by molar-refractivity contribution is 0.811. The van der Waals surface area contributed by atoms with E-state index in [9.17, 15) is 0 Å². The molecule has 0 radical (unpaired) electrons. The summed E-state index contributed by atoms with van der Waals surface area (Å²) in [4.78, 5) is 7.86. The first-order valence-corrected chi connectivity index (χ1v) is 4.62. The molecule has 1 aromatic heterocycles. The third kappa shape index (κ3) is 2.99. The Labute approximate surface area is 85.1 Å². The molecule has 0 aliphatic carbocycles. The van der Waals surface area contributed by atoms with E-state index >= 15 is 0 Å². The molecule has 0 saturated heterocycles. The zero-order valence-electron chi connectivity index (χ0n) is 7.16. The zero-order chi connectivity index (χ0) is 9.68. The first-order chi connectivity index (χ1) is 6.24. The molecule has 4 nitrogen and oxygen atoms in total. The van der Waals surface area contributed by atoms with Gasteiger partial charge in [0.25, 0.3) is 0 Å². The third-order valence-electron chi connectivity index (χ3n) is 1.45. The van der Waals surface area contributed by atoms with Crippen LogP contribution in [0.5, 0.6) is 0 Å². The number of nitrogens with one attached hydrogen (secondary N) is 1. The molecule has 0 amide bonds. The van der Waals surface area contributed by atoms with Crippen molar-refractivity contribution in [2.75, 3.05) is 5.32 Å². The molecule has 0 aromatic carbocycles. The van der Waals surface area contributed by atoms with Crippen LogP contribution < -0.4 is 5.32 Å². The molecule has 1 N–H and O–H groups in total. The van der Waals surface area contributed by atoms with Gasteiger partial charge in [-0.15, -0.1) is 0 Å². The number of aromatic nitrogens is 2. The van der Waals surface area contributed by atoms with E-state index in [2.05, 4.69) is 37.3 Å². The third-order valence-corrected chi connectivity index (χ3v) is 2.03. The summed E-state index contributed by atoms with van der Waals surface area (Å²) < 4.78 is 0.805. The lowest BCUT2D eigenvalue weighted by atomic mass is 10.2. The van der Waals surface area contributed by atoms with E-state index in [1.807, 2.05) is 6.92 Å². The fourth-order valence-electron chi connectivity index (χ4n) is 0.840. The van der Waals surface area contributed by atoms with Gasteiger partial charge in [0.05, 0.1) is 17.0 Å². The van der Waals surface area contributed by atoms with Crippen LogP contribution in [0.25, 0.3) is 0 Å². The van der Waals surface area contributed by atoms with Crippen molar-refractivity contribution in [1.82, 2.24) is 9.97 Å². The number of anilines is 1. The first-order valence-electron chi connectivity index (χ1n) is 3.83. The molecule has 13 heavy (non-hydrogen) atoms. The lowest BCUT2D eigenvalue weighted by Gasteiger charge is -2.11. The van der Waals surface area contributed by atoms with Gasteiger partial charge in [0.15, 0.2) is 0 Å². The molecule has 1 unspecified atom stereocenters. The van der Waals surface area contributed by atoms with Gasteiger partial charge in [0.1, 0.15) is 12.1 Å². The second kappa shape index (κ2) is 4.77. The van der Waals surface area contributed by atoms with Crippen molar-refractivity contribution in [2.45, 2.75) is 19.4 Å². The normalized spacial score (nSPS) is 11.8. The van der Waals surface area contributed by atoms with Crippen molar-refractivity contribution >= 4 is 21.7 Å². The minimum absolute atomic E-state index is 0.0937. The van der Waals surface area contributed by atoms with E-state index in [-0.39, 0.29) is 6.04 Å². The quantitative estimate of drug-likeness (QED) is 0.878. The average molecular weight is 241 g/mol. The molecule has 0 saturated carbocycles. The van der Waals surface area contributed by atoms with Gasteiger partial charge in [-0.2, -0.15) is 5.26 Å². The number of rotatable bonds is 3. The van der Waals surface area contributed by atoms with Gasteiger partial charge in [-0.1, -0.05) is 0 Å². The highest BCUT2D eigenvalue weighted by atomic mass is 79.9. The Morgan fingerprint density at radius 3 is 3.15 bits per heavy atom. The van der Waals surface area contributed by atoms with E-state index in [0.717, 1.165) is 10.3 Å². The van der Waals surface area contributed by atoms with Gasteiger partial charge in [-0.25, -0.2) is 9.97 Å². The van der Waals surface area contributed by atoms with Crippen LogP contribution in [-0.4, -0.2) is 16.0 Å². The highest BCUT2D eigenvalue weighted by molar-refractivity contribution is 9.10. The van der Waals surface area contributed by atoms with E-state index in [1.165, 1.54) is 6.33 Å². The smallest absolute Gasteiger partial charge is 0.143 e. The summed E-state index contributed by atoms with van der Waals surface area (Å²) in [6.07, 6.45) is 3.58. The predicted octanol–water partition coefficient (Wildman–Crippen LogP) is 1.95. The van der Waals surface area contributed by atoms with E-state index in [1.54, 1.807) is 6.20 Å². The van der Waals surface area contributed by atoms with Gasteiger partial charge in [0.2, 0.25) is 0 Å². The van der Waals surface area contributed by atoms with Crippen molar-refractivity contribution < 1.29 is 0 Å². The Bertz CT molecular complexity index is 320. The molecule has 0 bridgehead atoms. The molecule has 5 heteroatoms. The second-order valence-corrected chi connectivity index (χ2v) is 3.48. The van der Waals surface area contributed by atoms with Crippen LogP contribution in [0.3, 0.4) is 0 Å². The summed E-state index contributed by atoms with van der Waals surface area (Å²) in [7, 11) is 0. The summed E-state index contributed by atoms with van der Waals surface area (Å²) in [6.45, 7) is 1.93. The first kappa shape index (κ1) is 9.93. The molecule has 0 spiro atoms. The fourth-order valence-corrected chi connectivity index (χ4v) is 1.18. The Hall–Kier alpha value is -1.15. The van der Waals surface area contributed by atoms with Crippen molar-refractivity contribution in [1.29, 1.82) is 5.26 Å². The number of nitrogens with zero attached hydrogens (tertiary/aromatic N) is 3. The van der Waals surface area contributed by atoms with Gasteiger partial charge < -0.3 is 5.32 Å². The van der Waals surface area contributed by atoms with E-state index in [4.69, 9.17) is 5.26 Å². The van der Waals surface area contributed by atoms with Crippen LogP contribution in [0, 0.1) is 11.3 Å². The Morgan fingerprint density at radius 1 is 1.77 bits per heavy atom. The van der Waals surface area contributed by atoms with Crippen molar-refractivity contribution in [3.8, 4) is 6.07 Å². The van der Waals surface area contributed by atoms with Crippen molar-refractivity contribution in [3.63, 3.8) is 0 Å². The SMILES string of the molecule is CC(CC#N)Nc1ncncc1Br. The van der Waals surface area contributed by atoms with Crippen LogP contribution >= 0.6 is 15.9 Å². The van der Waals surface area contributed by atoms with Gasteiger partial charge in [-0.05, 0) is 22.9 Å². The number of hydrogen-bond acceptors (Lipinski definition) is 4. The number of halogens is 1. The Kier molecular flexibility index (Phi) is 3.65. The van der Waals surface area contributed by atoms with Crippen molar-refractivity contribution in [3.05, 3.63) is 17.0 Å². The summed E-state index contributed by atoms with van der Waals surface area (Å²) in [6, 6.07) is 2.18. The van der Waals surface area contributed by atoms with Crippen LogP contribution in [0.15, 0.2) is 17.0 Å².